The van der Waals surface area contributed by atoms with Crippen molar-refractivity contribution in [3.8, 4) is 11.5 Å². The molecule has 0 aliphatic heterocycles. The van der Waals surface area contributed by atoms with E-state index in [0.717, 1.165) is 23.4 Å². The van der Waals surface area contributed by atoms with E-state index >= 15 is 0 Å². The van der Waals surface area contributed by atoms with Crippen LogP contribution in [-0.4, -0.2) is 30.8 Å². The van der Waals surface area contributed by atoms with Crippen LogP contribution in [0.5, 0.6) is 11.5 Å². The number of aromatic nitrogens is 1. The highest BCUT2D eigenvalue weighted by Gasteiger charge is 2.11. The van der Waals surface area contributed by atoms with Crippen molar-refractivity contribution in [2.75, 3.05) is 13.7 Å². The van der Waals surface area contributed by atoms with Crippen LogP contribution in [0.4, 0.5) is 0 Å². The molecule has 1 heterocycles. The van der Waals surface area contributed by atoms with Crippen LogP contribution in [0.25, 0.3) is 0 Å². The molecule has 2 rings (SSSR count). The minimum absolute atomic E-state index is 0.307. The SMILES string of the molecule is COc1cc(C(=O)N/N=C/c2cc(C)[nH]c2C)ccc1OCCC(C)C. The summed E-state index contributed by atoms with van der Waals surface area (Å²) in [5.41, 5.74) is 5.98. The lowest BCUT2D eigenvalue weighted by Crippen LogP contribution is -2.17. The molecule has 0 atom stereocenters. The van der Waals surface area contributed by atoms with Crippen molar-refractivity contribution in [3.05, 3.63) is 46.8 Å². The Kier molecular flexibility index (Phi) is 6.83. The van der Waals surface area contributed by atoms with E-state index in [-0.39, 0.29) is 5.91 Å². The third kappa shape index (κ3) is 5.37. The molecule has 6 nitrogen and oxygen atoms in total. The van der Waals surface area contributed by atoms with Crippen molar-refractivity contribution in [2.45, 2.75) is 34.1 Å². The number of amides is 1. The molecule has 0 fully saturated rings. The van der Waals surface area contributed by atoms with Gasteiger partial charge in [-0.2, -0.15) is 5.10 Å². The van der Waals surface area contributed by atoms with Gasteiger partial charge in [0.15, 0.2) is 11.5 Å². The Hall–Kier alpha value is -2.76. The van der Waals surface area contributed by atoms with Crippen LogP contribution in [0.15, 0.2) is 29.4 Å². The van der Waals surface area contributed by atoms with E-state index in [2.05, 4.69) is 29.4 Å². The zero-order valence-corrected chi connectivity index (χ0v) is 16.1. The largest absolute Gasteiger partial charge is 0.493 e. The molecule has 0 bridgehead atoms. The average Bonchev–Trinajstić information content (AvgIpc) is 2.92. The van der Waals surface area contributed by atoms with E-state index in [1.54, 1.807) is 31.5 Å². The molecule has 140 valence electrons. The second-order valence-corrected chi connectivity index (χ2v) is 6.63. The highest BCUT2D eigenvalue weighted by atomic mass is 16.5. The number of aryl methyl sites for hydroxylation is 2. The third-order valence-corrected chi connectivity index (χ3v) is 3.94. The average molecular weight is 357 g/mol. The highest BCUT2D eigenvalue weighted by Crippen LogP contribution is 2.28. The van der Waals surface area contributed by atoms with Gasteiger partial charge in [-0.3, -0.25) is 4.79 Å². The van der Waals surface area contributed by atoms with E-state index in [1.807, 2.05) is 19.9 Å². The lowest BCUT2D eigenvalue weighted by Gasteiger charge is -2.12. The van der Waals surface area contributed by atoms with Gasteiger partial charge < -0.3 is 14.5 Å². The normalized spacial score (nSPS) is 11.2. The summed E-state index contributed by atoms with van der Waals surface area (Å²) < 4.78 is 11.1. The summed E-state index contributed by atoms with van der Waals surface area (Å²) >= 11 is 0. The van der Waals surface area contributed by atoms with Crippen molar-refractivity contribution in [1.29, 1.82) is 0 Å². The van der Waals surface area contributed by atoms with Gasteiger partial charge >= 0.3 is 0 Å². The Morgan fingerprint density at radius 1 is 1.27 bits per heavy atom. The predicted octanol–water partition coefficient (Wildman–Crippen LogP) is 3.83. The molecule has 1 amide bonds. The molecule has 0 unspecified atom stereocenters. The number of aromatic amines is 1. The Morgan fingerprint density at radius 2 is 2.04 bits per heavy atom. The molecule has 0 saturated carbocycles. The molecule has 2 aromatic rings. The van der Waals surface area contributed by atoms with Crippen LogP contribution < -0.4 is 14.9 Å². The van der Waals surface area contributed by atoms with E-state index in [9.17, 15) is 4.79 Å². The molecule has 0 radical (unpaired) electrons. The van der Waals surface area contributed by atoms with Gasteiger partial charge in [0.2, 0.25) is 0 Å². The van der Waals surface area contributed by atoms with E-state index in [0.29, 0.717) is 29.6 Å². The van der Waals surface area contributed by atoms with Crippen LogP contribution in [0.2, 0.25) is 0 Å². The molecule has 0 spiro atoms. The molecule has 2 N–H and O–H groups in total. The molecular weight excluding hydrogens is 330 g/mol. The first-order valence-electron chi connectivity index (χ1n) is 8.71. The Labute approximate surface area is 154 Å². The zero-order valence-electron chi connectivity index (χ0n) is 16.1. The Morgan fingerprint density at radius 3 is 2.65 bits per heavy atom. The monoisotopic (exact) mass is 357 g/mol. The van der Waals surface area contributed by atoms with Crippen molar-refractivity contribution in [2.24, 2.45) is 11.0 Å². The fourth-order valence-electron chi connectivity index (χ4n) is 2.44. The molecule has 1 aromatic heterocycles. The van der Waals surface area contributed by atoms with Gasteiger partial charge in [-0.25, -0.2) is 5.43 Å². The third-order valence-electron chi connectivity index (χ3n) is 3.94. The van der Waals surface area contributed by atoms with Crippen molar-refractivity contribution >= 4 is 12.1 Å². The number of benzene rings is 1. The summed E-state index contributed by atoms with van der Waals surface area (Å²) in [6.45, 7) is 8.83. The van der Waals surface area contributed by atoms with Gasteiger partial charge in [-0.15, -0.1) is 0 Å². The first-order chi connectivity index (χ1) is 12.4. The van der Waals surface area contributed by atoms with Gasteiger partial charge in [0, 0.05) is 22.5 Å². The standard InChI is InChI=1S/C20H27N3O3/c1-13(2)8-9-26-18-7-6-16(11-19(18)25-5)20(24)23-21-12-17-10-14(3)22-15(17)4/h6-7,10-13,22H,8-9H2,1-5H3,(H,23,24)/b21-12+. The summed E-state index contributed by atoms with van der Waals surface area (Å²) in [5, 5.41) is 4.02. The first-order valence-corrected chi connectivity index (χ1v) is 8.71. The number of carbonyl (C=O) groups excluding carboxylic acids is 1. The molecule has 1 aromatic carbocycles. The first kappa shape index (κ1) is 19.6. The number of hydrogen-bond donors (Lipinski definition) is 2. The lowest BCUT2D eigenvalue weighted by atomic mass is 10.1. The van der Waals surface area contributed by atoms with Gasteiger partial charge in [-0.05, 0) is 50.5 Å². The topological polar surface area (TPSA) is 75.7 Å². The maximum Gasteiger partial charge on any atom is 0.271 e. The molecule has 6 heteroatoms. The number of carbonyl (C=O) groups is 1. The lowest BCUT2D eigenvalue weighted by molar-refractivity contribution is 0.0954. The second-order valence-electron chi connectivity index (χ2n) is 6.63. The van der Waals surface area contributed by atoms with Crippen LogP contribution in [0.3, 0.4) is 0 Å². The molecule has 0 aliphatic rings. The van der Waals surface area contributed by atoms with Crippen molar-refractivity contribution < 1.29 is 14.3 Å². The quantitative estimate of drug-likeness (QED) is 0.557. The number of H-pyrrole nitrogens is 1. The van der Waals surface area contributed by atoms with Gasteiger partial charge in [0.25, 0.3) is 5.91 Å². The molecule has 0 saturated heterocycles. The van der Waals surface area contributed by atoms with Crippen molar-refractivity contribution in [3.63, 3.8) is 0 Å². The van der Waals surface area contributed by atoms with E-state index in [4.69, 9.17) is 9.47 Å². The number of hydrogen-bond acceptors (Lipinski definition) is 4. The minimum atomic E-state index is -0.307. The maximum atomic E-state index is 12.3. The Bertz CT molecular complexity index is 779. The number of nitrogens with zero attached hydrogens (tertiary/aromatic N) is 1. The predicted molar refractivity (Wildman–Crippen MR) is 103 cm³/mol. The van der Waals surface area contributed by atoms with Crippen LogP contribution in [0.1, 0.15) is 47.6 Å². The van der Waals surface area contributed by atoms with Gasteiger partial charge in [0.05, 0.1) is 19.9 Å². The second kappa shape index (κ2) is 9.08. The number of rotatable bonds is 8. The highest BCUT2D eigenvalue weighted by molar-refractivity contribution is 5.95. The number of methoxy groups -OCH3 is 1. The summed E-state index contributed by atoms with van der Waals surface area (Å²) in [6.07, 6.45) is 2.58. The smallest absolute Gasteiger partial charge is 0.271 e. The van der Waals surface area contributed by atoms with Gasteiger partial charge in [-0.1, -0.05) is 13.8 Å². The van der Waals surface area contributed by atoms with Crippen LogP contribution >= 0.6 is 0 Å². The van der Waals surface area contributed by atoms with E-state index < -0.39 is 0 Å². The summed E-state index contributed by atoms with van der Waals surface area (Å²) in [5.74, 6) is 1.42. The number of hydrazone groups is 1. The summed E-state index contributed by atoms with van der Waals surface area (Å²) in [6, 6.07) is 7.07. The zero-order chi connectivity index (χ0) is 19.1. The summed E-state index contributed by atoms with van der Waals surface area (Å²) in [4.78, 5) is 15.5. The minimum Gasteiger partial charge on any atom is -0.493 e. The van der Waals surface area contributed by atoms with E-state index in [1.165, 1.54) is 0 Å². The fourth-order valence-corrected chi connectivity index (χ4v) is 2.44. The fraction of sp³-hybridized carbons (Fsp3) is 0.400. The van der Waals surface area contributed by atoms with Gasteiger partial charge in [0.1, 0.15) is 0 Å². The molecular formula is C20H27N3O3. The Balaban J connectivity index is 2.01. The molecule has 0 aliphatic carbocycles. The van der Waals surface area contributed by atoms with Crippen molar-refractivity contribution in [1.82, 2.24) is 10.4 Å². The van der Waals surface area contributed by atoms with Crippen LogP contribution in [-0.2, 0) is 0 Å². The number of nitrogens with one attached hydrogen (secondary N) is 2. The maximum absolute atomic E-state index is 12.3. The number of ether oxygens (including phenoxy) is 2. The molecule has 26 heavy (non-hydrogen) atoms. The summed E-state index contributed by atoms with van der Waals surface area (Å²) in [7, 11) is 1.56. The van der Waals surface area contributed by atoms with Crippen LogP contribution in [0, 0.1) is 19.8 Å².